The third-order valence-corrected chi connectivity index (χ3v) is 6.43. The number of nitrogens with two attached hydrogens (primary N) is 2. The molecule has 0 fully saturated rings. The molecule has 0 spiro atoms. The maximum atomic E-state index is 13.4. The van der Waals surface area contributed by atoms with Crippen molar-refractivity contribution in [2.24, 2.45) is 17.4 Å². The average molecular weight is 560 g/mol. The van der Waals surface area contributed by atoms with Crippen LogP contribution in [0.2, 0.25) is 0 Å². The van der Waals surface area contributed by atoms with Crippen LogP contribution in [0.5, 0.6) is 5.75 Å². The second-order valence-corrected chi connectivity index (χ2v) is 9.60. The van der Waals surface area contributed by atoms with Crippen LogP contribution >= 0.6 is 0 Å². The Kier molecular flexibility index (Phi) is 12.1. The summed E-state index contributed by atoms with van der Waals surface area (Å²) in [5, 5.41) is 26.5. The van der Waals surface area contributed by atoms with Crippen LogP contribution in [-0.4, -0.2) is 73.9 Å². The number of nitrogens with one attached hydrogen (secondary N) is 4. The van der Waals surface area contributed by atoms with Crippen LogP contribution in [0.4, 0.5) is 0 Å². The maximum absolute atomic E-state index is 13.4. The summed E-state index contributed by atoms with van der Waals surface area (Å²) in [4.78, 5) is 68.9. The highest BCUT2D eigenvalue weighted by Crippen LogP contribution is 2.13. The summed E-state index contributed by atoms with van der Waals surface area (Å²) in [7, 11) is 0. The van der Waals surface area contributed by atoms with Gasteiger partial charge in [-0.15, -0.1) is 0 Å². The molecule has 10 N–H and O–H groups in total. The first-order valence-electron chi connectivity index (χ1n) is 12.8. The molecular formula is C26H37N7O7. The zero-order valence-corrected chi connectivity index (χ0v) is 22.4. The summed E-state index contributed by atoms with van der Waals surface area (Å²) in [6.45, 7) is 3.50. The van der Waals surface area contributed by atoms with Crippen molar-refractivity contribution in [2.45, 2.75) is 70.1 Å². The van der Waals surface area contributed by atoms with Gasteiger partial charge in [0.25, 0.3) is 0 Å². The van der Waals surface area contributed by atoms with Gasteiger partial charge in [0.1, 0.15) is 23.9 Å². The van der Waals surface area contributed by atoms with Crippen molar-refractivity contribution in [1.29, 1.82) is 0 Å². The van der Waals surface area contributed by atoms with Crippen molar-refractivity contribution in [1.82, 2.24) is 25.9 Å². The normalized spacial score (nSPS) is 14.7. The van der Waals surface area contributed by atoms with E-state index in [4.69, 9.17) is 11.5 Å². The van der Waals surface area contributed by atoms with E-state index >= 15 is 0 Å². The third kappa shape index (κ3) is 10.0. The van der Waals surface area contributed by atoms with Crippen LogP contribution in [0.15, 0.2) is 36.8 Å². The first kappa shape index (κ1) is 31.8. The Morgan fingerprint density at radius 3 is 2.17 bits per heavy atom. The summed E-state index contributed by atoms with van der Waals surface area (Å²) in [5.74, 6) is -4.46. The number of imidazole rings is 1. The van der Waals surface area contributed by atoms with Gasteiger partial charge in [-0.2, -0.15) is 0 Å². The molecule has 14 heteroatoms. The number of primary amides is 1. The minimum absolute atomic E-state index is 0.00864. The Morgan fingerprint density at radius 1 is 0.975 bits per heavy atom. The molecule has 40 heavy (non-hydrogen) atoms. The number of aromatic nitrogens is 2. The van der Waals surface area contributed by atoms with Crippen LogP contribution in [0.3, 0.4) is 0 Å². The lowest BCUT2D eigenvalue weighted by molar-refractivity contribution is -0.143. The minimum atomic E-state index is -1.39. The first-order chi connectivity index (χ1) is 18.9. The van der Waals surface area contributed by atoms with Crippen molar-refractivity contribution < 1.29 is 34.2 Å². The van der Waals surface area contributed by atoms with Gasteiger partial charge in [-0.25, -0.2) is 9.78 Å². The molecule has 0 saturated heterocycles. The Balaban J connectivity index is 2.18. The molecule has 5 unspecified atom stereocenters. The monoisotopic (exact) mass is 559 g/mol. The number of carboxylic acid groups (broad SMARTS) is 1. The second kappa shape index (κ2) is 15.2. The number of carboxylic acids is 1. The quantitative estimate of drug-likeness (QED) is 0.127. The number of aromatic amines is 1. The van der Waals surface area contributed by atoms with E-state index in [2.05, 4.69) is 25.9 Å². The molecule has 1 aromatic carbocycles. The van der Waals surface area contributed by atoms with Gasteiger partial charge in [-0.05, 0) is 36.5 Å². The number of benzene rings is 1. The zero-order chi connectivity index (χ0) is 29.8. The van der Waals surface area contributed by atoms with Crippen molar-refractivity contribution >= 4 is 29.6 Å². The highest BCUT2D eigenvalue weighted by molar-refractivity contribution is 5.94. The number of carbonyl (C=O) groups is 5. The molecule has 14 nitrogen and oxygen atoms in total. The lowest BCUT2D eigenvalue weighted by Crippen LogP contribution is -2.59. The number of rotatable bonds is 16. The van der Waals surface area contributed by atoms with Gasteiger partial charge in [-0.1, -0.05) is 32.4 Å². The predicted octanol–water partition coefficient (Wildman–Crippen LogP) is -0.922. The largest absolute Gasteiger partial charge is 0.508 e. The number of nitrogens with zero attached hydrogens (tertiary/aromatic N) is 1. The number of amides is 4. The summed E-state index contributed by atoms with van der Waals surface area (Å²) in [6.07, 6.45) is 3.05. The Hall–Kier alpha value is -4.46. The zero-order valence-electron chi connectivity index (χ0n) is 22.4. The highest BCUT2D eigenvalue weighted by atomic mass is 16.4. The number of H-pyrrole nitrogens is 1. The van der Waals surface area contributed by atoms with Crippen LogP contribution in [0, 0.1) is 5.92 Å². The summed E-state index contributed by atoms with van der Waals surface area (Å²) >= 11 is 0. The van der Waals surface area contributed by atoms with E-state index in [-0.39, 0.29) is 31.4 Å². The number of hydrogen-bond acceptors (Lipinski definition) is 8. The fourth-order valence-corrected chi connectivity index (χ4v) is 3.84. The first-order valence-corrected chi connectivity index (χ1v) is 12.8. The Labute approximate surface area is 231 Å². The van der Waals surface area contributed by atoms with Crippen molar-refractivity contribution in [2.75, 3.05) is 0 Å². The van der Waals surface area contributed by atoms with E-state index in [1.165, 1.54) is 24.7 Å². The number of hydrogen-bond donors (Lipinski definition) is 8. The van der Waals surface area contributed by atoms with Crippen molar-refractivity contribution in [3.63, 3.8) is 0 Å². The molecule has 2 rings (SSSR count). The van der Waals surface area contributed by atoms with E-state index in [0.717, 1.165) is 0 Å². The van der Waals surface area contributed by atoms with Crippen molar-refractivity contribution in [3.8, 4) is 5.75 Å². The minimum Gasteiger partial charge on any atom is -0.508 e. The van der Waals surface area contributed by atoms with E-state index in [1.54, 1.807) is 26.0 Å². The number of aromatic hydroxyl groups is 1. The maximum Gasteiger partial charge on any atom is 0.326 e. The SMILES string of the molecule is CCC(C)C(NC(=O)C(Cc1cnc[nH]1)NC(=O)C(N)Cc1ccc(O)cc1)C(=O)NC(CCC(N)=O)C(=O)O. The molecular weight excluding hydrogens is 522 g/mol. The molecule has 5 atom stereocenters. The molecule has 0 aliphatic carbocycles. The van der Waals surface area contributed by atoms with E-state index in [1.807, 2.05) is 0 Å². The standard InChI is InChI=1S/C26H37N7O7/c1-3-14(2)22(25(38)31-19(26(39)40)8-9-21(28)35)33-24(37)20(11-16-12-29-13-30-16)32-23(36)18(27)10-15-4-6-17(34)7-5-15/h4-7,12-14,18-20,22,34H,3,8-11,27H2,1-2H3,(H2,28,35)(H,29,30)(H,31,38)(H,32,36)(H,33,37)(H,39,40). The topological polar surface area (TPSA) is 243 Å². The summed E-state index contributed by atoms with van der Waals surface area (Å²) in [6, 6.07) is 1.50. The molecule has 218 valence electrons. The fraction of sp³-hybridized carbons (Fsp3) is 0.462. The van der Waals surface area contributed by atoms with Gasteiger partial charge in [0.05, 0.1) is 12.4 Å². The van der Waals surface area contributed by atoms with Gasteiger partial charge in [0, 0.05) is 24.7 Å². The lowest BCUT2D eigenvalue weighted by Gasteiger charge is -2.28. The summed E-state index contributed by atoms with van der Waals surface area (Å²) in [5.41, 5.74) is 12.4. The van der Waals surface area contributed by atoms with Crippen LogP contribution in [0.1, 0.15) is 44.4 Å². The highest BCUT2D eigenvalue weighted by Gasteiger charge is 2.33. The number of phenols is 1. The fourth-order valence-electron chi connectivity index (χ4n) is 3.84. The molecule has 0 bridgehead atoms. The second-order valence-electron chi connectivity index (χ2n) is 9.60. The number of carbonyl (C=O) groups excluding carboxylic acids is 4. The predicted molar refractivity (Wildman–Crippen MR) is 143 cm³/mol. The molecule has 2 aromatic rings. The lowest BCUT2D eigenvalue weighted by atomic mass is 9.96. The molecule has 1 aromatic heterocycles. The van der Waals surface area contributed by atoms with Gasteiger partial charge < -0.3 is 42.6 Å². The van der Waals surface area contributed by atoms with Crippen molar-refractivity contribution in [3.05, 3.63) is 48.0 Å². The van der Waals surface area contributed by atoms with Gasteiger partial charge in [-0.3, -0.25) is 19.2 Å². The van der Waals surface area contributed by atoms with E-state index in [9.17, 15) is 34.2 Å². The van der Waals surface area contributed by atoms with E-state index in [0.29, 0.717) is 17.7 Å². The average Bonchev–Trinajstić information content (AvgIpc) is 3.42. The molecule has 1 heterocycles. The van der Waals surface area contributed by atoms with Gasteiger partial charge in [0.2, 0.25) is 23.6 Å². The number of phenolic OH excluding ortho intramolecular Hbond substituents is 1. The van der Waals surface area contributed by atoms with Crippen LogP contribution in [-0.2, 0) is 36.8 Å². The molecule has 0 radical (unpaired) electrons. The Bertz CT molecular complexity index is 1150. The van der Waals surface area contributed by atoms with Gasteiger partial charge in [0.15, 0.2) is 0 Å². The van der Waals surface area contributed by atoms with Gasteiger partial charge >= 0.3 is 5.97 Å². The Morgan fingerprint density at radius 2 is 1.62 bits per heavy atom. The van der Waals surface area contributed by atoms with E-state index < -0.39 is 59.7 Å². The van der Waals surface area contributed by atoms with Crippen LogP contribution in [0.25, 0.3) is 0 Å². The molecule has 0 saturated carbocycles. The summed E-state index contributed by atoms with van der Waals surface area (Å²) < 4.78 is 0. The smallest absolute Gasteiger partial charge is 0.326 e. The van der Waals surface area contributed by atoms with Crippen LogP contribution < -0.4 is 27.4 Å². The third-order valence-electron chi connectivity index (χ3n) is 6.43. The molecule has 0 aliphatic rings. The number of aliphatic carboxylic acids is 1. The molecule has 4 amide bonds. The molecule has 0 aliphatic heterocycles.